The van der Waals surface area contributed by atoms with Gasteiger partial charge in [0.2, 0.25) is 0 Å². The minimum absolute atomic E-state index is 0.00994. The molecule has 1 saturated heterocycles. The fraction of sp³-hybridized carbons (Fsp3) is 0.292. The molecule has 4 heterocycles. The predicted octanol–water partition coefficient (Wildman–Crippen LogP) is 4.89. The first-order chi connectivity index (χ1) is 15.5. The summed E-state index contributed by atoms with van der Waals surface area (Å²) in [5.41, 5.74) is 3.05. The minimum atomic E-state index is -0.00994. The van der Waals surface area contributed by atoms with Gasteiger partial charge in [-0.3, -0.25) is 4.79 Å². The molecule has 0 aliphatic carbocycles. The molecule has 0 unspecified atom stereocenters. The van der Waals surface area contributed by atoms with Crippen LogP contribution in [0.5, 0.6) is 0 Å². The first-order valence-corrected chi connectivity index (χ1v) is 11.1. The number of piperazine rings is 1. The maximum Gasteiger partial charge on any atom is 0.254 e. The van der Waals surface area contributed by atoms with Crippen molar-refractivity contribution in [3.63, 3.8) is 0 Å². The molecule has 0 saturated carbocycles. The molecule has 1 aliphatic rings. The van der Waals surface area contributed by atoms with Crippen molar-refractivity contribution < 1.29 is 9.21 Å². The van der Waals surface area contributed by atoms with E-state index in [2.05, 4.69) is 10.00 Å². The van der Waals surface area contributed by atoms with Crippen LogP contribution in [-0.2, 0) is 0 Å². The van der Waals surface area contributed by atoms with Gasteiger partial charge >= 0.3 is 0 Å². The van der Waals surface area contributed by atoms with E-state index >= 15 is 0 Å². The fourth-order valence-corrected chi connectivity index (χ4v) is 4.24. The van der Waals surface area contributed by atoms with Crippen LogP contribution in [0.3, 0.4) is 0 Å². The van der Waals surface area contributed by atoms with Crippen molar-refractivity contribution in [2.45, 2.75) is 19.9 Å². The summed E-state index contributed by atoms with van der Waals surface area (Å²) >= 11 is 6.01. The molecule has 0 spiro atoms. The third-order valence-corrected chi connectivity index (χ3v) is 6.07. The number of pyridine rings is 1. The van der Waals surface area contributed by atoms with Crippen molar-refractivity contribution in [2.24, 2.45) is 0 Å². The topological polar surface area (TPSA) is 67.4 Å². The molecular formula is C24H24ClN5O2. The number of aromatic nitrogens is 3. The zero-order valence-electron chi connectivity index (χ0n) is 18.0. The molecule has 164 valence electrons. The molecule has 32 heavy (non-hydrogen) atoms. The molecule has 3 aromatic heterocycles. The Balaban J connectivity index is 1.45. The zero-order chi connectivity index (χ0) is 22.2. The molecule has 0 atom stereocenters. The molecule has 7 nitrogen and oxygen atoms in total. The van der Waals surface area contributed by atoms with E-state index in [1.165, 1.54) is 0 Å². The lowest BCUT2D eigenvalue weighted by atomic mass is 10.1. The lowest BCUT2D eigenvalue weighted by Gasteiger charge is -2.36. The lowest BCUT2D eigenvalue weighted by molar-refractivity contribution is 0.0748. The van der Waals surface area contributed by atoms with Crippen molar-refractivity contribution in [3.8, 4) is 11.5 Å². The predicted molar refractivity (Wildman–Crippen MR) is 125 cm³/mol. The summed E-state index contributed by atoms with van der Waals surface area (Å²) in [6, 6.07) is 13.4. The number of anilines is 1. The average Bonchev–Trinajstić information content (AvgIpc) is 3.49. The van der Waals surface area contributed by atoms with Crippen LogP contribution in [0.15, 0.2) is 59.3 Å². The number of halogens is 1. The van der Waals surface area contributed by atoms with Crippen LogP contribution in [-0.4, -0.2) is 51.8 Å². The van der Waals surface area contributed by atoms with Crippen LogP contribution >= 0.6 is 11.6 Å². The van der Waals surface area contributed by atoms with Crippen LogP contribution in [0.4, 0.5) is 5.69 Å². The number of furan rings is 1. The molecular weight excluding hydrogens is 426 g/mol. The van der Waals surface area contributed by atoms with Gasteiger partial charge < -0.3 is 14.2 Å². The molecule has 0 radical (unpaired) electrons. The Morgan fingerprint density at radius 3 is 2.50 bits per heavy atom. The summed E-state index contributed by atoms with van der Waals surface area (Å²) in [7, 11) is 0. The maximum atomic E-state index is 13.6. The average molecular weight is 450 g/mol. The Hall–Kier alpha value is -3.32. The first kappa shape index (κ1) is 20.6. The minimum Gasteiger partial charge on any atom is -0.463 e. The molecule has 1 fully saturated rings. The van der Waals surface area contributed by atoms with E-state index in [0.717, 1.165) is 29.2 Å². The van der Waals surface area contributed by atoms with Crippen molar-refractivity contribution in [2.75, 3.05) is 31.1 Å². The number of amides is 1. The van der Waals surface area contributed by atoms with Crippen LogP contribution in [0.25, 0.3) is 22.5 Å². The van der Waals surface area contributed by atoms with E-state index in [0.29, 0.717) is 35.8 Å². The highest BCUT2D eigenvalue weighted by Crippen LogP contribution is 2.28. The molecule has 0 N–H and O–H groups in total. The Bertz CT molecular complexity index is 1240. The summed E-state index contributed by atoms with van der Waals surface area (Å²) in [5.74, 6) is 0.620. The number of nitrogens with zero attached hydrogens (tertiary/aromatic N) is 5. The Labute approximate surface area is 191 Å². The van der Waals surface area contributed by atoms with Gasteiger partial charge in [-0.15, -0.1) is 0 Å². The quantitative estimate of drug-likeness (QED) is 0.444. The van der Waals surface area contributed by atoms with Crippen LogP contribution in [0, 0.1) is 0 Å². The van der Waals surface area contributed by atoms with E-state index < -0.39 is 0 Å². The standard InChI is InChI=1S/C24H24ClN5O2/c1-16(2)30-23-20(15-26-30)19(14-21(27-23)22-4-3-13-32-22)24(31)29-11-9-28(10-12-29)18-7-5-17(25)6-8-18/h3-8,13-16H,9-12H2,1-2H3. The zero-order valence-corrected chi connectivity index (χ0v) is 18.8. The van der Waals surface area contributed by atoms with Crippen LogP contribution < -0.4 is 4.90 Å². The number of benzene rings is 1. The first-order valence-electron chi connectivity index (χ1n) is 10.7. The second-order valence-electron chi connectivity index (χ2n) is 8.21. The maximum absolute atomic E-state index is 13.6. The number of hydrogen-bond donors (Lipinski definition) is 0. The number of fused-ring (bicyclic) bond motifs is 1. The van der Waals surface area contributed by atoms with Crippen molar-refractivity contribution in [3.05, 3.63) is 65.5 Å². The molecule has 0 bridgehead atoms. The van der Waals surface area contributed by atoms with Gasteiger partial charge in [-0.05, 0) is 56.3 Å². The third kappa shape index (κ3) is 3.73. The molecule has 1 amide bonds. The van der Waals surface area contributed by atoms with Gasteiger partial charge in [0.05, 0.1) is 23.4 Å². The van der Waals surface area contributed by atoms with Gasteiger partial charge in [-0.1, -0.05) is 11.6 Å². The van der Waals surface area contributed by atoms with E-state index in [-0.39, 0.29) is 11.9 Å². The number of hydrogen-bond acceptors (Lipinski definition) is 5. The molecule has 1 aliphatic heterocycles. The summed E-state index contributed by atoms with van der Waals surface area (Å²) < 4.78 is 7.41. The van der Waals surface area contributed by atoms with Gasteiger partial charge in [0.1, 0.15) is 5.69 Å². The molecule has 4 aromatic rings. The largest absolute Gasteiger partial charge is 0.463 e. The van der Waals surface area contributed by atoms with Crippen molar-refractivity contribution >= 4 is 34.2 Å². The second-order valence-corrected chi connectivity index (χ2v) is 8.64. The SMILES string of the molecule is CC(C)n1ncc2c(C(=O)N3CCN(c4ccc(Cl)cc4)CC3)cc(-c3ccco3)nc21. The van der Waals surface area contributed by atoms with E-state index in [9.17, 15) is 4.79 Å². The van der Waals surface area contributed by atoms with Crippen LogP contribution in [0.2, 0.25) is 5.02 Å². The summed E-state index contributed by atoms with van der Waals surface area (Å²) in [5, 5.41) is 5.98. The Morgan fingerprint density at radius 2 is 1.84 bits per heavy atom. The molecule has 5 rings (SSSR count). The van der Waals surface area contributed by atoms with Gasteiger partial charge in [0.15, 0.2) is 11.4 Å². The van der Waals surface area contributed by atoms with Gasteiger partial charge in [-0.25, -0.2) is 9.67 Å². The van der Waals surface area contributed by atoms with Gasteiger partial charge in [0.25, 0.3) is 5.91 Å². The lowest BCUT2D eigenvalue weighted by Crippen LogP contribution is -2.48. The molecule has 1 aromatic carbocycles. The van der Waals surface area contributed by atoms with Gasteiger partial charge in [0, 0.05) is 42.9 Å². The Kier molecular flexibility index (Phi) is 5.35. The normalized spacial score (nSPS) is 14.5. The highest BCUT2D eigenvalue weighted by Gasteiger charge is 2.26. The highest BCUT2D eigenvalue weighted by molar-refractivity contribution is 6.30. The fourth-order valence-electron chi connectivity index (χ4n) is 4.11. The molecule has 8 heteroatoms. The van der Waals surface area contributed by atoms with E-state index in [1.807, 2.05) is 65.9 Å². The number of carbonyl (C=O) groups is 1. The van der Waals surface area contributed by atoms with Crippen LogP contribution in [0.1, 0.15) is 30.2 Å². The highest BCUT2D eigenvalue weighted by atomic mass is 35.5. The van der Waals surface area contributed by atoms with Crippen molar-refractivity contribution in [1.29, 1.82) is 0 Å². The van der Waals surface area contributed by atoms with E-state index in [1.54, 1.807) is 12.5 Å². The number of rotatable bonds is 4. The second kappa shape index (κ2) is 8.31. The summed E-state index contributed by atoms with van der Waals surface area (Å²) in [6.45, 7) is 6.89. The monoisotopic (exact) mass is 449 g/mol. The summed E-state index contributed by atoms with van der Waals surface area (Å²) in [4.78, 5) is 22.5. The van der Waals surface area contributed by atoms with Gasteiger partial charge in [-0.2, -0.15) is 5.10 Å². The summed E-state index contributed by atoms with van der Waals surface area (Å²) in [6.07, 6.45) is 3.35. The number of carbonyl (C=O) groups excluding carboxylic acids is 1. The smallest absolute Gasteiger partial charge is 0.254 e. The Morgan fingerprint density at radius 1 is 1.09 bits per heavy atom. The van der Waals surface area contributed by atoms with E-state index in [4.69, 9.17) is 21.0 Å². The third-order valence-electron chi connectivity index (χ3n) is 5.82. The van der Waals surface area contributed by atoms with Crippen molar-refractivity contribution in [1.82, 2.24) is 19.7 Å².